The average molecular weight is 474 g/mol. The summed E-state index contributed by atoms with van der Waals surface area (Å²) in [7, 11) is 3.97. The number of aryl methyl sites for hydroxylation is 1. The number of thiazole rings is 1. The van der Waals surface area contributed by atoms with Crippen LogP contribution in [0.3, 0.4) is 0 Å². The molecule has 6 nitrogen and oxygen atoms in total. The van der Waals surface area contributed by atoms with E-state index >= 15 is 0 Å². The van der Waals surface area contributed by atoms with E-state index < -0.39 is 0 Å². The molecule has 0 fully saturated rings. The summed E-state index contributed by atoms with van der Waals surface area (Å²) in [6.07, 6.45) is 2.72. The summed E-state index contributed by atoms with van der Waals surface area (Å²) in [5, 5.41) is 9.86. The van der Waals surface area contributed by atoms with Gasteiger partial charge in [0.2, 0.25) is 0 Å². The Labute approximate surface area is 171 Å². The summed E-state index contributed by atoms with van der Waals surface area (Å²) < 4.78 is 0. The van der Waals surface area contributed by atoms with E-state index in [4.69, 9.17) is 0 Å². The molecule has 8 heteroatoms. The van der Waals surface area contributed by atoms with Gasteiger partial charge in [-0.1, -0.05) is 0 Å². The Balaban J connectivity index is 0.00000312. The number of rotatable bonds is 7. The first kappa shape index (κ1) is 21.6. The van der Waals surface area contributed by atoms with Crippen molar-refractivity contribution in [2.24, 2.45) is 4.99 Å². The fraction of sp³-hybridized carbons (Fsp3) is 0.471. The third kappa shape index (κ3) is 7.55. The van der Waals surface area contributed by atoms with Crippen molar-refractivity contribution in [1.29, 1.82) is 0 Å². The number of anilines is 1. The number of guanidine groups is 1. The van der Waals surface area contributed by atoms with E-state index in [2.05, 4.69) is 44.0 Å². The van der Waals surface area contributed by atoms with E-state index in [-0.39, 0.29) is 24.0 Å². The molecule has 2 rings (SSSR count). The van der Waals surface area contributed by atoms with Crippen molar-refractivity contribution in [2.45, 2.75) is 26.8 Å². The summed E-state index contributed by atoms with van der Waals surface area (Å²) in [5.74, 6) is 1.77. The van der Waals surface area contributed by atoms with Gasteiger partial charge < -0.3 is 15.5 Å². The Bertz CT molecular complexity index is 671. The van der Waals surface area contributed by atoms with E-state index in [0.29, 0.717) is 6.54 Å². The van der Waals surface area contributed by atoms with E-state index in [1.54, 1.807) is 11.3 Å². The topological polar surface area (TPSA) is 65.4 Å². The molecule has 0 aromatic carbocycles. The van der Waals surface area contributed by atoms with Crippen molar-refractivity contribution in [2.75, 3.05) is 32.1 Å². The quantitative estimate of drug-likeness (QED) is 0.367. The maximum absolute atomic E-state index is 4.65. The zero-order chi connectivity index (χ0) is 17.4. The molecular formula is C17H27IN6S. The predicted molar refractivity (Wildman–Crippen MR) is 117 cm³/mol. The third-order valence-corrected chi connectivity index (χ3v) is 4.19. The lowest BCUT2D eigenvalue weighted by Gasteiger charge is -2.13. The molecule has 2 heterocycles. The number of hydrogen-bond donors (Lipinski definition) is 2. The van der Waals surface area contributed by atoms with Gasteiger partial charge in [0.15, 0.2) is 5.96 Å². The molecule has 0 aliphatic carbocycles. The lowest BCUT2D eigenvalue weighted by atomic mass is 10.2. The van der Waals surface area contributed by atoms with Gasteiger partial charge in [0.1, 0.15) is 5.82 Å². The van der Waals surface area contributed by atoms with Crippen LogP contribution in [0.4, 0.5) is 5.82 Å². The molecule has 0 amide bonds. The lowest BCUT2D eigenvalue weighted by molar-refractivity contribution is 0.790. The van der Waals surface area contributed by atoms with Gasteiger partial charge in [-0.3, -0.25) is 0 Å². The molecule has 25 heavy (non-hydrogen) atoms. The number of nitrogens with one attached hydrogen (secondary N) is 2. The second kappa shape index (κ2) is 11.2. The van der Waals surface area contributed by atoms with Crippen LogP contribution in [-0.4, -0.2) is 43.1 Å². The van der Waals surface area contributed by atoms with Crippen LogP contribution in [0.5, 0.6) is 0 Å². The van der Waals surface area contributed by atoms with Crippen LogP contribution >= 0.6 is 35.3 Å². The molecule has 0 saturated heterocycles. The lowest BCUT2D eigenvalue weighted by Crippen LogP contribution is -2.38. The van der Waals surface area contributed by atoms with Crippen LogP contribution in [0.25, 0.3) is 0 Å². The fourth-order valence-corrected chi connectivity index (χ4v) is 2.79. The van der Waals surface area contributed by atoms with Crippen LogP contribution in [0.2, 0.25) is 0 Å². The van der Waals surface area contributed by atoms with Crippen LogP contribution in [0, 0.1) is 6.92 Å². The van der Waals surface area contributed by atoms with Gasteiger partial charge in [0, 0.05) is 45.2 Å². The van der Waals surface area contributed by atoms with Crippen LogP contribution in [0.15, 0.2) is 28.7 Å². The maximum Gasteiger partial charge on any atom is 0.191 e. The van der Waals surface area contributed by atoms with Gasteiger partial charge in [-0.15, -0.1) is 35.3 Å². The molecule has 0 aliphatic rings. The summed E-state index contributed by atoms with van der Waals surface area (Å²) in [6, 6.07) is 4.06. The van der Waals surface area contributed by atoms with Crippen molar-refractivity contribution >= 4 is 47.1 Å². The first-order valence-electron chi connectivity index (χ1n) is 8.14. The van der Waals surface area contributed by atoms with Crippen LogP contribution < -0.4 is 15.5 Å². The molecular weight excluding hydrogens is 447 g/mol. The van der Waals surface area contributed by atoms with Crippen molar-refractivity contribution < 1.29 is 0 Å². The summed E-state index contributed by atoms with van der Waals surface area (Å²) in [4.78, 5) is 15.5. The highest BCUT2D eigenvalue weighted by Crippen LogP contribution is 2.10. The fourth-order valence-electron chi connectivity index (χ4n) is 2.15. The van der Waals surface area contributed by atoms with Crippen LogP contribution in [-0.2, 0) is 13.0 Å². The van der Waals surface area contributed by atoms with Crippen LogP contribution in [0.1, 0.15) is 23.2 Å². The molecule has 0 radical (unpaired) electrons. The van der Waals surface area contributed by atoms with Crippen molar-refractivity contribution in [1.82, 2.24) is 20.6 Å². The number of aliphatic imine (C=N–C) groups is 1. The Kier molecular flexibility index (Phi) is 9.73. The minimum Gasteiger partial charge on any atom is -0.363 e. The number of pyridine rings is 1. The minimum atomic E-state index is 0. The smallest absolute Gasteiger partial charge is 0.191 e. The Morgan fingerprint density at radius 3 is 2.76 bits per heavy atom. The molecule has 2 aromatic rings. The van der Waals surface area contributed by atoms with E-state index in [1.807, 2.05) is 38.2 Å². The molecule has 2 N–H and O–H groups in total. The zero-order valence-electron chi connectivity index (χ0n) is 15.2. The zero-order valence-corrected chi connectivity index (χ0v) is 18.4. The molecule has 0 saturated carbocycles. The standard InChI is InChI=1S/C17H26N6S.HI/c1-5-18-17(20-9-7-15-12-24-13(2)22-15)21-11-14-6-8-19-16(10-14)23(3)4;/h6,8,10,12H,5,7,9,11H2,1-4H3,(H2,18,20,21);1H. The van der Waals surface area contributed by atoms with Crippen molar-refractivity contribution in [3.05, 3.63) is 40.0 Å². The second-order valence-electron chi connectivity index (χ2n) is 5.65. The van der Waals surface area contributed by atoms with E-state index in [9.17, 15) is 0 Å². The average Bonchev–Trinajstić information content (AvgIpc) is 2.98. The van der Waals surface area contributed by atoms with Gasteiger partial charge in [0.05, 0.1) is 17.2 Å². The Morgan fingerprint density at radius 2 is 2.12 bits per heavy atom. The third-order valence-electron chi connectivity index (χ3n) is 3.37. The first-order chi connectivity index (χ1) is 11.6. The van der Waals surface area contributed by atoms with E-state index in [1.165, 1.54) is 0 Å². The monoisotopic (exact) mass is 474 g/mol. The molecule has 0 unspecified atom stereocenters. The van der Waals surface area contributed by atoms with Crippen molar-refractivity contribution in [3.8, 4) is 0 Å². The highest BCUT2D eigenvalue weighted by atomic mass is 127. The highest BCUT2D eigenvalue weighted by Gasteiger charge is 2.02. The Morgan fingerprint density at radius 1 is 1.32 bits per heavy atom. The highest BCUT2D eigenvalue weighted by molar-refractivity contribution is 14.0. The molecule has 138 valence electrons. The van der Waals surface area contributed by atoms with Gasteiger partial charge in [0.25, 0.3) is 0 Å². The normalized spacial score (nSPS) is 11.0. The maximum atomic E-state index is 4.65. The number of aromatic nitrogens is 2. The summed E-state index contributed by atoms with van der Waals surface area (Å²) in [5.41, 5.74) is 2.27. The Hall–Kier alpha value is -1.42. The van der Waals surface area contributed by atoms with Crippen molar-refractivity contribution in [3.63, 3.8) is 0 Å². The van der Waals surface area contributed by atoms with E-state index in [0.717, 1.165) is 47.6 Å². The molecule has 0 atom stereocenters. The first-order valence-corrected chi connectivity index (χ1v) is 9.02. The number of halogens is 1. The molecule has 0 aliphatic heterocycles. The molecule has 2 aromatic heterocycles. The summed E-state index contributed by atoms with van der Waals surface area (Å²) >= 11 is 1.69. The van der Waals surface area contributed by atoms with Gasteiger partial charge in [-0.2, -0.15) is 0 Å². The van der Waals surface area contributed by atoms with Gasteiger partial charge >= 0.3 is 0 Å². The number of nitrogens with zero attached hydrogens (tertiary/aromatic N) is 4. The predicted octanol–water partition coefficient (Wildman–Crippen LogP) is 2.83. The number of hydrogen-bond acceptors (Lipinski definition) is 5. The second-order valence-corrected chi connectivity index (χ2v) is 6.71. The summed E-state index contributed by atoms with van der Waals surface area (Å²) in [6.45, 7) is 6.37. The van der Waals surface area contributed by atoms with Gasteiger partial charge in [-0.25, -0.2) is 15.0 Å². The molecule has 0 spiro atoms. The minimum absolute atomic E-state index is 0. The largest absolute Gasteiger partial charge is 0.363 e. The SMILES string of the molecule is CCNC(=NCc1ccnc(N(C)C)c1)NCCc1csc(C)n1.I. The molecule has 0 bridgehead atoms. The van der Waals surface area contributed by atoms with Gasteiger partial charge in [-0.05, 0) is 31.5 Å².